The molecule has 0 spiro atoms. The Bertz CT molecular complexity index is 1010. The largest absolute Gasteiger partial charge is 0.497 e. The molecule has 6 heteroatoms. The second kappa shape index (κ2) is 8.05. The van der Waals surface area contributed by atoms with Crippen LogP contribution in [0.4, 0.5) is 15.8 Å². The maximum atomic E-state index is 15.1. The molecular weight excluding hydrogens is 407 g/mol. The van der Waals surface area contributed by atoms with Crippen LogP contribution in [-0.4, -0.2) is 24.2 Å². The van der Waals surface area contributed by atoms with Crippen molar-refractivity contribution in [3.63, 3.8) is 0 Å². The predicted molar refractivity (Wildman–Crippen MR) is 123 cm³/mol. The Morgan fingerprint density at radius 2 is 1.94 bits per heavy atom. The molecule has 0 unspecified atom stereocenters. The monoisotopic (exact) mass is 438 g/mol. The van der Waals surface area contributed by atoms with Crippen LogP contribution in [0.25, 0.3) is 0 Å². The number of ether oxygens (including phenoxy) is 1. The van der Waals surface area contributed by atoms with E-state index >= 15 is 4.39 Å². The molecule has 170 valence electrons. The van der Waals surface area contributed by atoms with Gasteiger partial charge in [-0.3, -0.25) is 10.1 Å². The maximum Gasteiger partial charge on any atom is 0.269 e. The number of halogens is 1. The van der Waals surface area contributed by atoms with Crippen molar-refractivity contribution in [1.29, 1.82) is 0 Å². The van der Waals surface area contributed by atoms with Crippen molar-refractivity contribution >= 4 is 11.4 Å². The molecule has 1 N–H and O–H groups in total. The number of benzene rings is 2. The number of non-ortho nitro benzene ring substituents is 1. The highest BCUT2D eigenvalue weighted by Crippen LogP contribution is 2.60. The molecule has 32 heavy (non-hydrogen) atoms. The third-order valence-corrected chi connectivity index (χ3v) is 8.59. The van der Waals surface area contributed by atoms with Crippen LogP contribution in [0.1, 0.15) is 56.1 Å². The molecule has 0 aromatic heterocycles. The van der Waals surface area contributed by atoms with E-state index in [1.807, 2.05) is 0 Å². The van der Waals surface area contributed by atoms with Gasteiger partial charge in [0.15, 0.2) is 0 Å². The second-order valence-electron chi connectivity index (χ2n) is 10.1. The van der Waals surface area contributed by atoms with E-state index in [-0.39, 0.29) is 17.1 Å². The summed E-state index contributed by atoms with van der Waals surface area (Å²) >= 11 is 0. The summed E-state index contributed by atoms with van der Waals surface area (Å²) in [6.45, 7) is 2.34. The Morgan fingerprint density at radius 3 is 2.66 bits per heavy atom. The lowest BCUT2D eigenvalue weighted by atomic mass is 9.49. The van der Waals surface area contributed by atoms with Crippen molar-refractivity contribution in [3.05, 3.63) is 63.7 Å². The molecular formula is C26H31FN2O3. The lowest BCUT2D eigenvalue weighted by Gasteiger charge is -2.58. The van der Waals surface area contributed by atoms with Crippen LogP contribution >= 0.6 is 0 Å². The topological polar surface area (TPSA) is 64.4 Å². The minimum absolute atomic E-state index is 0.00943. The number of alkyl halides is 1. The van der Waals surface area contributed by atoms with E-state index < -0.39 is 11.1 Å². The molecule has 2 aromatic rings. The number of hydrogen-bond donors (Lipinski definition) is 1. The first kappa shape index (κ1) is 21.2. The SMILES string of the molecule is COc1ccc2c(c1)CC[C@@H]1[C@@H]2CC[C@@]2(C)[C@H](Nc3ccc([N+](=O)[O-])cc3)C[C@H](F)C[C@@H]12. The Kier molecular flexibility index (Phi) is 5.34. The van der Waals surface area contributed by atoms with Crippen molar-refractivity contribution in [2.24, 2.45) is 17.3 Å². The number of rotatable bonds is 4. The van der Waals surface area contributed by atoms with Gasteiger partial charge in [0.25, 0.3) is 5.69 Å². The summed E-state index contributed by atoms with van der Waals surface area (Å²) in [6, 6.07) is 13.0. The minimum Gasteiger partial charge on any atom is -0.497 e. The van der Waals surface area contributed by atoms with Gasteiger partial charge < -0.3 is 10.1 Å². The molecule has 0 bridgehead atoms. The summed E-state index contributed by atoms with van der Waals surface area (Å²) in [5.74, 6) is 2.23. The zero-order valence-electron chi connectivity index (χ0n) is 18.7. The third-order valence-electron chi connectivity index (χ3n) is 8.59. The molecule has 2 saturated carbocycles. The van der Waals surface area contributed by atoms with E-state index in [0.717, 1.165) is 37.1 Å². The fourth-order valence-electron chi connectivity index (χ4n) is 6.91. The Balaban J connectivity index is 1.40. The standard InChI is InChI=1S/C26H31FN2O3/c1-26-12-11-22-21-10-8-20(32-2)13-16(21)3-9-23(22)24(26)14-17(27)15-25(26)28-18-4-6-19(7-5-18)29(30)31/h4-8,10,13,17,22-25,28H,3,9,11-12,14-15H2,1-2H3/t17-,22-,23-,24+,25-,26-/m1/s1. The summed E-state index contributed by atoms with van der Waals surface area (Å²) in [5.41, 5.74) is 3.74. The Hall–Kier alpha value is -2.63. The molecule has 2 aromatic carbocycles. The van der Waals surface area contributed by atoms with Crippen LogP contribution in [-0.2, 0) is 6.42 Å². The van der Waals surface area contributed by atoms with Gasteiger partial charge in [-0.1, -0.05) is 13.0 Å². The van der Waals surface area contributed by atoms with Gasteiger partial charge in [-0.2, -0.15) is 0 Å². The molecule has 2 fully saturated rings. The van der Waals surface area contributed by atoms with Gasteiger partial charge in [0.1, 0.15) is 11.9 Å². The molecule has 0 radical (unpaired) electrons. The number of nitro benzene ring substituents is 1. The third kappa shape index (κ3) is 3.54. The van der Waals surface area contributed by atoms with Gasteiger partial charge in [0.05, 0.1) is 12.0 Å². The number of aryl methyl sites for hydroxylation is 1. The lowest BCUT2D eigenvalue weighted by molar-refractivity contribution is -0.384. The van der Waals surface area contributed by atoms with Crippen molar-refractivity contribution in [3.8, 4) is 5.75 Å². The van der Waals surface area contributed by atoms with E-state index in [4.69, 9.17) is 4.74 Å². The quantitative estimate of drug-likeness (QED) is 0.451. The van der Waals surface area contributed by atoms with Crippen LogP contribution in [0.5, 0.6) is 5.75 Å². The normalized spacial score (nSPS) is 33.4. The molecule has 5 nitrogen and oxygen atoms in total. The minimum atomic E-state index is -0.820. The van der Waals surface area contributed by atoms with Gasteiger partial charge >= 0.3 is 0 Å². The highest BCUT2D eigenvalue weighted by Gasteiger charge is 2.55. The predicted octanol–water partition coefficient (Wildman–Crippen LogP) is 6.28. The van der Waals surface area contributed by atoms with Crippen molar-refractivity contribution < 1.29 is 14.1 Å². The first-order valence-corrected chi connectivity index (χ1v) is 11.7. The Morgan fingerprint density at radius 1 is 1.16 bits per heavy atom. The number of anilines is 1. The second-order valence-corrected chi connectivity index (χ2v) is 10.1. The summed E-state index contributed by atoms with van der Waals surface area (Å²) in [5, 5.41) is 14.5. The molecule has 6 atom stereocenters. The highest BCUT2D eigenvalue weighted by molar-refractivity contribution is 5.50. The average molecular weight is 439 g/mol. The fourth-order valence-corrected chi connectivity index (χ4v) is 6.91. The zero-order chi connectivity index (χ0) is 22.5. The summed E-state index contributed by atoms with van der Waals surface area (Å²) in [6.07, 6.45) is 4.62. The average Bonchev–Trinajstić information content (AvgIpc) is 2.79. The molecule has 0 amide bonds. The first-order valence-electron chi connectivity index (χ1n) is 11.7. The molecule has 0 aliphatic heterocycles. The van der Waals surface area contributed by atoms with E-state index in [9.17, 15) is 10.1 Å². The number of methoxy groups -OCH3 is 1. The van der Waals surface area contributed by atoms with Crippen LogP contribution in [0, 0.1) is 27.4 Å². The van der Waals surface area contributed by atoms with Crippen LogP contribution in [0.2, 0.25) is 0 Å². The summed E-state index contributed by atoms with van der Waals surface area (Å²) in [7, 11) is 1.71. The van der Waals surface area contributed by atoms with E-state index in [1.54, 1.807) is 19.2 Å². The molecule has 5 rings (SSSR count). The van der Waals surface area contributed by atoms with Gasteiger partial charge in [0.2, 0.25) is 0 Å². The highest BCUT2D eigenvalue weighted by atomic mass is 19.1. The van der Waals surface area contributed by atoms with Gasteiger partial charge in [-0.25, -0.2) is 4.39 Å². The Labute approximate surface area is 188 Å². The number of nitrogens with zero attached hydrogens (tertiary/aromatic N) is 1. The van der Waals surface area contributed by atoms with Crippen LogP contribution < -0.4 is 10.1 Å². The molecule has 0 heterocycles. The van der Waals surface area contributed by atoms with E-state index in [0.29, 0.717) is 30.6 Å². The van der Waals surface area contributed by atoms with Gasteiger partial charge in [0, 0.05) is 23.9 Å². The lowest BCUT2D eigenvalue weighted by Crippen LogP contribution is -2.55. The van der Waals surface area contributed by atoms with Gasteiger partial charge in [-0.15, -0.1) is 0 Å². The van der Waals surface area contributed by atoms with Gasteiger partial charge in [-0.05, 0) is 97.1 Å². The maximum absolute atomic E-state index is 15.1. The summed E-state index contributed by atoms with van der Waals surface area (Å²) < 4.78 is 20.5. The van der Waals surface area contributed by atoms with Crippen molar-refractivity contribution in [2.75, 3.05) is 12.4 Å². The number of nitro groups is 1. The molecule has 3 aliphatic carbocycles. The van der Waals surface area contributed by atoms with Crippen LogP contribution in [0.3, 0.4) is 0 Å². The molecule has 3 aliphatic rings. The van der Waals surface area contributed by atoms with Crippen LogP contribution in [0.15, 0.2) is 42.5 Å². The van der Waals surface area contributed by atoms with Crippen molar-refractivity contribution in [1.82, 2.24) is 0 Å². The molecule has 0 saturated heterocycles. The number of fused-ring (bicyclic) bond motifs is 5. The van der Waals surface area contributed by atoms with Crippen molar-refractivity contribution in [2.45, 2.75) is 63.6 Å². The number of hydrogen-bond acceptors (Lipinski definition) is 4. The number of nitrogens with one attached hydrogen (secondary N) is 1. The first-order chi connectivity index (χ1) is 15.4. The summed E-state index contributed by atoms with van der Waals surface area (Å²) in [4.78, 5) is 10.6. The van der Waals surface area contributed by atoms with E-state index in [1.165, 1.54) is 23.3 Å². The van der Waals surface area contributed by atoms with E-state index in [2.05, 4.69) is 30.4 Å². The smallest absolute Gasteiger partial charge is 0.269 e. The fraction of sp³-hybridized carbons (Fsp3) is 0.538. The zero-order valence-corrected chi connectivity index (χ0v) is 18.7.